The highest BCUT2D eigenvalue weighted by Crippen LogP contribution is 2.29. The number of hydrogen-bond donors (Lipinski definition) is 2. The van der Waals surface area contributed by atoms with Gasteiger partial charge in [-0.15, -0.1) is 11.3 Å². The molecule has 0 saturated carbocycles. The third-order valence-electron chi connectivity index (χ3n) is 5.05. The number of amides is 2. The molecule has 12 heteroatoms. The van der Waals surface area contributed by atoms with E-state index in [2.05, 4.69) is 22.3 Å². The molecule has 2 N–H and O–H groups in total. The molecule has 0 bridgehead atoms. The van der Waals surface area contributed by atoms with E-state index in [1.165, 1.54) is 23.5 Å². The van der Waals surface area contributed by atoms with Crippen LogP contribution in [0.3, 0.4) is 0 Å². The van der Waals surface area contributed by atoms with E-state index in [-0.39, 0.29) is 12.8 Å². The zero-order chi connectivity index (χ0) is 30.5. The molecule has 0 fully saturated rings. The van der Waals surface area contributed by atoms with Gasteiger partial charge in [0.2, 0.25) is 0 Å². The minimum atomic E-state index is -4.46. The van der Waals surface area contributed by atoms with Gasteiger partial charge < -0.3 is 14.6 Å². The number of rotatable bonds is 6. The summed E-state index contributed by atoms with van der Waals surface area (Å²) in [7, 11) is 0. The molecule has 1 atom stereocenters. The smallest absolute Gasteiger partial charge is 0.429 e. The topological polar surface area (TPSA) is 101 Å². The van der Waals surface area contributed by atoms with Crippen molar-refractivity contribution in [3.8, 4) is 11.8 Å². The van der Waals surface area contributed by atoms with Crippen LogP contribution in [0.25, 0.3) is 0 Å². The van der Waals surface area contributed by atoms with Crippen molar-refractivity contribution >= 4 is 23.5 Å². The van der Waals surface area contributed by atoms with Crippen LogP contribution < -0.4 is 5.43 Å². The summed E-state index contributed by atoms with van der Waals surface area (Å²) in [5.41, 5.74) is -0.405. The van der Waals surface area contributed by atoms with Crippen LogP contribution >= 0.6 is 11.3 Å². The van der Waals surface area contributed by atoms with E-state index in [1.54, 1.807) is 60.8 Å². The van der Waals surface area contributed by atoms with E-state index in [9.17, 15) is 27.9 Å². The van der Waals surface area contributed by atoms with Crippen LogP contribution in [0.15, 0.2) is 29.6 Å². The second-order valence-corrected chi connectivity index (χ2v) is 12.4. The highest BCUT2D eigenvalue weighted by molar-refractivity contribution is 7.09. The highest BCUT2D eigenvalue weighted by Gasteiger charge is 2.32. The number of hydrazine groups is 1. The molecule has 8 nitrogen and oxygen atoms in total. The van der Waals surface area contributed by atoms with Crippen molar-refractivity contribution in [2.24, 2.45) is 0 Å². The number of nitrogens with one attached hydrogen (secondary N) is 1. The Labute approximate surface area is 236 Å². The van der Waals surface area contributed by atoms with Crippen molar-refractivity contribution in [2.45, 2.75) is 97.3 Å². The summed E-state index contributed by atoms with van der Waals surface area (Å²) in [5.74, 6) is 5.48. The SMILES string of the molecule is C[C@@H](Cc1ccc(C(F)(F)F)cc1)N(NC(=O)OC(C)(C)Cc1nc(C#CC(C)(C)O)cs1)C(=O)OC(C)(C)C. The van der Waals surface area contributed by atoms with Crippen molar-refractivity contribution < 1.29 is 37.3 Å². The van der Waals surface area contributed by atoms with Crippen LogP contribution in [0.1, 0.15) is 77.2 Å². The second kappa shape index (κ2) is 12.5. The number of benzene rings is 1. The van der Waals surface area contributed by atoms with Gasteiger partial charge in [0, 0.05) is 11.8 Å². The number of aliphatic hydroxyl groups is 1. The van der Waals surface area contributed by atoms with Crippen molar-refractivity contribution in [2.75, 3.05) is 0 Å². The average Bonchev–Trinajstić information content (AvgIpc) is 3.20. The number of carbonyl (C=O) groups excluding carboxylic acids is 2. The Morgan fingerprint density at radius 2 is 1.68 bits per heavy atom. The summed E-state index contributed by atoms with van der Waals surface area (Å²) >= 11 is 1.33. The Balaban J connectivity index is 2.13. The number of thiazole rings is 1. The predicted molar refractivity (Wildman–Crippen MR) is 145 cm³/mol. The molecule has 0 radical (unpaired) electrons. The monoisotopic (exact) mass is 583 g/mol. The molecule has 220 valence electrons. The summed E-state index contributed by atoms with van der Waals surface area (Å²) < 4.78 is 49.8. The van der Waals surface area contributed by atoms with E-state index < -0.39 is 46.8 Å². The molecular weight excluding hydrogens is 547 g/mol. The van der Waals surface area contributed by atoms with E-state index in [4.69, 9.17) is 9.47 Å². The number of aromatic nitrogens is 1. The molecule has 0 unspecified atom stereocenters. The minimum absolute atomic E-state index is 0.134. The zero-order valence-corrected chi connectivity index (χ0v) is 24.7. The lowest BCUT2D eigenvalue weighted by atomic mass is 10.0. The molecule has 1 aromatic carbocycles. The van der Waals surface area contributed by atoms with Gasteiger partial charge in [0.05, 0.1) is 16.6 Å². The Kier molecular flexibility index (Phi) is 10.3. The van der Waals surface area contributed by atoms with E-state index in [1.807, 2.05) is 0 Å². The third kappa shape index (κ3) is 11.4. The number of nitrogens with zero attached hydrogens (tertiary/aromatic N) is 2. The molecule has 0 saturated heterocycles. The summed E-state index contributed by atoms with van der Waals surface area (Å²) in [6, 6.07) is 3.87. The van der Waals surface area contributed by atoms with Crippen LogP contribution in [-0.2, 0) is 28.5 Å². The zero-order valence-electron chi connectivity index (χ0n) is 23.9. The summed E-state index contributed by atoms with van der Waals surface area (Å²) in [6.07, 6.45) is -5.85. The molecule has 2 amide bonds. The van der Waals surface area contributed by atoms with Crippen molar-refractivity contribution in [3.63, 3.8) is 0 Å². The first-order valence-electron chi connectivity index (χ1n) is 12.5. The second-order valence-electron chi connectivity index (χ2n) is 11.5. The molecule has 1 heterocycles. The molecule has 1 aromatic heterocycles. The van der Waals surface area contributed by atoms with Crippen molar-refractivity contribution in [3.05, 3.63) is 51.5 Å². The largest absolute Gasteiger partial charge is 0.442 e. The van der Waals surface area contributed by atoms with Crippen LogP contribution in [0.2, 0.25) is 0 Å². The van der Waals surface area contributed by atoms with Gasteiger partial charge in [-0.2, -0.15) is 13.2 Å². The minimum Gasteiger partial charge on any atom is -0.442 e. The van der Waals surface area contributed by atoms with Gasteiger partial charge in [-0.25, -0.2) is 25.0 Å². The lowest BCUT2D eigenvalue weighted by Gasteiger charge is -2.33. The standard InChI is InChI=1S/C28H36F3N3O5S/c1-18(15-19-9-11-20(12-10-19)28(29,30)31)34(24(36)39-25(2,3)4)33-23(35)38-27(7,8)16-22-32-21(17-40-22)13-14-26(5,6)37/h9-12,17-18,37H,15-16H2,1-8H3,(H,33,35)/t18-/m0/s1. The molecular formula is C28H36F3N3O5S. The maximum Gasteiger partial charge on any atom is 0.429 e. The van der Waals surface area contributed by atoms with Gasteiger partial charge >= 0.3 is 18.4 Å². The van der Waals surface area contributed by atoms with Crippen molar-refractivity contribution in [1.82, 2.24) is 15.4 Å². The fourth-order valence-electron chi connectivity index (χ4n) is 3.35. The molecule has 0 aliphatic heterocycles. The van der Waals surface area contributed by atoms with Crippen LogP contribution in [0.4, 0.5) is 22.8 Å². The van der Waals surface area contributed by atoms with E-state index in [0.717, 1.165) is 17.1 Å². The maximum absolute atomic E-state index is 12.9. The molecule has 0 spiro atoms. The number of hydrogen-bond acceptors (Lipinski definition) is 7. The third-order valence-corrected chi connectivity index (χ3v) is 5.90. The molecule has 2 rings (SSSR count). The van der Waals surface area contributed by atoms with Gasteiger partial charge in [0.25, 0.3) is 0 Å². The summed E-state index contributed by atoms with van der Waals surface area (Å²) in [4.78, 5) is 30.2. The quantitative estimate of drug-likeness (QED) is 0.314. The van der Waals surface area contributed by atoms with Gasteiger partial charge in [-0.1, -0.05) is 18.1 Å². The fraction of sp³-hybridized carbons (Fsp3) is 0.536. The maximum atomic E-state index is 12.9. The first-order chi connectivity index (χ1) is 18.1. The van der Waals surface area contributed by atoms with Crippen molar-refractivity contribution in [1.29, 1.82) is 0 Å². The first-order valence-corrected chi connectivity index (χ1v) is 13.4. The molecule has 40 heavy (non-hydrogen) atoms. The van der Waals surface area contributed by atoms with Crippen LogP contribution in [0.5, 0.6) is 0 Å². The Morgan fingerprint density at radius 3 is 2.20 bits per heavy atom. The Bertz CT molecular complexity index is 1230. The van der Waals surface area contributed by atoms with E-state index in [0.29, 0.717) is 16.3 Å². The predicted octanol–water partition coefficient (Wildman–Crippen LogP) is 6.11. The molecule has 0 aliphatic rings. The normalized spacial score (nSPS) is 13.1. The number of ether oxygens (including phenoxy) is 2. The Morgan fingerprint density at radius 1 is 1.07 bits per heavy atom. The molecule has 2 aromatic rings. The summed E-state index contributed by atoms with van der Waals surface area (Å²) in [6.45, 7) is 13.1. The van der Waals surface area contributed by atoms with Gasteiger partial charge in [-0.3, -0.25) is 0 Å². The lowest BCUT2D eigenvalue weighted by Crippen LogP contribution is -2.54. The van der Waals surface area contributed by atoms with Gasteiger partial charge in [0.15, 0.2) is 0 Å². The lowest BCUT2D eigenvalue weighted by molar-refractivity contribution is -0.137. The summed E-state index contributed by atoms with van der Waals surface area (Å²) in [5, 5.41) is 13.1. The van der Waals surface area contributed by atoms with Crippen LogP contribution in [0, 0.1) is 11.8 Å². The van der Waals surface area contributed by atoms with Gasteiger partial charge in [0.1, 0.15) is 22.5 Å². The number of carbonyl (C=O) groups is 2. The highest BCUT2D eigenvalue weighted by atomic mass is 32.1. The average molecular weight is 584 g/mol. The van der Waals surface area contributed by atoms with E-state index >= 15 is 0 Å². The first kappa shape index (κ1) is 32.9. The van der Waals surface area contributed by atoms with Crippen LogP contribution in [-0.4, -0.2) is 50.1 Å². The number of halogens is 3. The fourth-order valence-corrected chi connectivity index (χ4v) is 4.29. The van der Waals surface area contributed by atoms with Gasteiger partial charge in [-0.05, 0) is 85.4 Å². The Hall–Kier alpha value is -3.30. The molecule has 0 aliphatic carbocycles. The number of alkyl halides is 3.